The zero-order valence-electron chi connectivity index (χ0n) is 24.3. The average Bonchev–Trinajstić information content (AvgIpc) is 2.83. The first-order valence-electron chi connectivity index (χ1n) is 13.0. The Morgan fingerprint density at radius 2 is 1.91 bits per heavy atom. The monoisotopic (exact) mass is 464 g/mol. The molecule has 2 aromatic rings. The van der Waals surface area contributed by atoms with Crippen molar-refractivity contribution in [1.82, 2.24) is 5.32 Å². The van der Waals surface area contributed by atoms with Gasteiger partial charge in [-0.05, 0) is 11.5 Å². The van der Waals surface area contributed by atoms with Crippen molar-refractivity contribution in [3.05, 3.63) is 42.5 Å². The number of aliphatic carboxylic acids is 1. The maximum absolute atomic E-state index is 11.3. The minimum Gasteiger partial charge on any atom is -0.547 e. The summed E-state index contributed by atoms with van der Waals surface area (Å²) < 4.78 is 70.1. The molecule has 0 spiro atoms. The quantitative estimate of drug-likeness (QED) is 0.275. The molecule has 4 N–H and O–H groups in total. The van der Waals surface area contributed by atoms with Crippen LogP contribution in [-0.2, 0) is 14.3 Å². The van der Waals surface area contributed by atoms with E-state index in [4.69, 9.17) is 23.8 Å². The van der Waals surface area contributed by atoms with Gasteiger partial charge >= 0.3 is 29.6 Å². The maximum Gasteiger partial charge on any atom is 1.00 e. The molecular weight excluding hydrogens is 429 g/mol. The van der Waals surface area contributed by atoms with E-state index in [1.807, 2.05) is 18.2 Å². The third kappa shape index (κ3) is 6.63. The first-order valence-corrected chi connectivity index (χ1v) is 9.48. The number of hydrogen-bond acceptors (Lipinski definition) is 9. The first kappa shape index (κ1) is 18.1. The summed E-state index contributed by atoms with van der Waals surface area (Å²) in [5, 5.41) is 45.3. The summed E-state index contributed by atoms with van der Waals surface area (Å²) in [4.78, 5) is 11.3. The number of carboxylic acid groups (broad SMARTS) is 1. The van der Waals surface area contributed by atoms with Crippen molar-refractivity contribution in [2.45, 2.75) is 56.5 Å². The molecule has 1 aliphatic heterocycles. The molecule has 3 rings (SSSR count). The van der Waals surface area contributed by atoms with Crippen molar-refractivity contribution in [3.63, 3.8) is 0 Å². The molecule has 1 heterocycles. The van der Waals surface area contributed by atoms with E-state index in [1.165, 1.54) is 0 Å². The topological polar surface area (TPSA) is 141 Å². The van der Waals surface area contributed by atoms with E-state index >= 15 is 0 Å². The zero-order valence-corrected chi connectivity index (χ0v) is 19.3. The summed E-state index contributed by atoms with van der Waals surface area (Å²) in [5.41, 5.74) is 0. The fourth-order valence-electron chi connectivity index (χ4n) is 3.21. The Labute approximate surface area is 218 Å². The standard InChI is InChI=1S/C22H29NO8.Na/c1-12(2)23-10-14(11-29-16-9-5-7-13-6-3-4-8-15(13)16)30-22-19(26)17(24)18(25)20(31-22)21(27)28;/h3-9,12,14,17-20,22-26H,10-11H2,1-2H3,(H,27,28);/q;+1/p-1/t14-,17+,18+,19-,20+,22-;/m1./s1/i1D3,2D3,12D;. The van der Waals surface area contributed by atoms with Gasteiger partial charge in [0.1, 0.15) is 42.9 Å². The van der Waals surface area contributed by atoms with Crippen LogP contribution in [0.15, 0.2) is 42.5 Å². The molecule has 32 heavy (non-hydrogen) atoms. The Kier molecular flexibility index (Phi) is 6.94. The molecule has 0 aliphatic carbocycles. The van der Waals surface area contributed by atoms with Gasteiger partial charge < -0.3 is 44.7 Å². The van der Waals surface area contributed by atoms with E-state index in [1.54, 1.807) is 24.3 Å². The van der Waals surface area contributed by atoms with Gasteiger partial charge in [0.15, 0.2) is 6.29 Å². The Balaban J connectivity index is 0.00000533. The number of carboxylic acids is 1. The number of carbonyl (C=O) groups is 1. The summed E-state index contributed by atoms with van der Waals surface area (Å²) in [6.07, 6.45) is -11.3. The van der Waals surface area contributed by atoms with Gasteiger partial charge in [0.2, 0.25) is 0 Å². The molecule has 0 radical (unpaired) electrons. The second-order valence-corrected chi connectivity index (χ2v) is 7.02. The van der Waals surface area contributed by atoms with E-state index in [2.05, 4.69) is 5.32 Å². The van der Waals surface area contributed by atoms with Crippen LogP contribution in [0.1, 0.15) is 23.3 Å². The molecule has 6 atom stereocenters. The third-order valence-corrected chi connectivity index (χ3v) is 4.81. The normalized spacial score (nSPS) is 30.8. The molecule has 0 unspecified atom stereocenters. The van der Waals surface area contributed by atoms with Gasteiger partial charge in [0.05, 0.1) is 5.97 Å². The summed E-state index contributed by atoms with van der Waals surface area (Å²) in [7, 11) is 0. The van der Waals surface area contributed by atoms with E-state index in [0.717, 1.165) is 5.39 Å². The van der Waals surface area contributed by atoms with Crippen LogP contribution in [0.3, 0.4) is 0 Å². The van der Waals surface area contributed by atoms with Gasteiger partial charge in [-0.1, -0.05) is 50.1 Å². The molecule has 10 heteroatoms. The molecule has 1 aliphatic rings. The van der Waals surface area contributed by atoms with Crippen LogP contribution in [0, 0.1) is 0 Å². The molecule has 170 valence electrons. The number of aliphatic hydroxyl groups is 3. The summed E-state index contributed by atoms with van der Waals surface area (Å²) in [6.45, 7) is -7.67. The van der Waals surface area contributed by atoms with E-state index in [9.17, 15) is 25.2 Å². The van der Waals surface area contributed by atoms with Crippen molar-refractivity contribution >= 4 is 16.7 Å². The Morgan fingerprint density at radius 1 is 1.19 bits per heavy atom. The molecule has 0 aromatic heterocycles. The average molecular weight is 464 g/mol. The minimum atomic E-state index is -3.31. The molecular formula is C22H28NNaO8. The molecule has 0 bridgehead atoms. The van der Waals surface area contributed by atoms with E-state index in [0.29, 0.717) is 11.1 Å². The number of carbonyl (C=O) groups excluding carboxylic acids is 1. The van der Waals surface area contributed by atoms with Crippen molar-refractivity contribution in [3.8, 4) is 5.75 Å². The van der Waals surface area contributed by atoms with Crippen molar-refractivity contribution in [2.24, 2.45) is 0 Å². The number of rotatable bonds is 9. The van der Waals surface area contributed by atoms with Crippen LogP contribution in [-0.4, -0.2) is 77.3 Å². The fraction of sp³-hybridized carbons (Fsp3) is 0.500. The molecule has 9 nitrogen and oxygen atoms in total. The van der Waals surface area contributed by atoms with Crippen LogP contribution in [0.4, 0.5) is 0 Å². The smallest absolute Gasteiger partial charge is 0.547 e. The predicted molar refractivity (Wildman–Crippen MR) is 109 cm³/mol. The molecule has 0 saturated carbocycles. The van der Waals surface area contributed by atoms with Crippen molar-refractivity contribution in [1.29, 1.82) is 0 Å². The van der Waals surface area contributed by atoms with Crippen LogP contribution >= 0.6 is 0 Å². The molecule has 1 fully saturated rings. The third-order valence-electron chi connectivity index (χ3n) is 4.81. The second kappa shape index (κ2) is 12.3. The Hall–Kier alpha value is -1.27. The van der Waals surface area contributed by atoms with Gasteiger partial charge in [-0.25, -0.2) is 0 Å². The SMILES string of the molecule is [2H]C([2H])([2H])C([2H])(NC[C@H](COc1cccc2ccccc12)O[C@@H]1O[C@H](C(=O)[O-])[C@@H](O)[C@H](O)[C@H]1O)C([2H])([2H])[2H].[Na+]. The van der Waals surface area contributed by atoms with Gasteiger partial charge in [0, 0.05) is 27.5 Å². The number of hydrogen-bond donors (Lipinski definition) is 4. The number of aliphatic hydroxyl groups excluding tert-OH is 3. The van der Waals surface area contributed by atoms with Crippen LogP contribution < -0.4 is 44.7 Å². The minimum absolute atomic E-state index is 0. The van der Waals surface area contributed by atoms with E-state index in [-0.39, 0.29) is 29.6 Å². The van der Waals surface area contributed by atoms with Crippen LogP contribution in [0.2, 0.25) is 0 Å². The molecule has 2 aromatic carbocycles. The summed E-state index contributed by atoms with van der Waals surface area (Å²) >= 11 is 0. The molecule has 0 amide bonds. The fourth-order valence-corrected chi connectivity index (χ4v) is 3.21. The number of fused-ring (bicyclic) bond motifs is 1. The van der Waals surface area contributed by atoms with Gasteiger partial charge in [-0.15, -0.1) is 0 Å². The number of benzene rings is 2. The second-order valence-electron chi connectivity index (χ2n) is 7.02. The van der Waals surface area contributed by atoms with Crippen molar-refractivity contribution < 1.29 is 78.6 Å². The number of nitrogens with one attached hydrogen (secondary N) is 1. The predicted octanol–water partition coefficient (Wildman–Crippen LogP) is -3.84. The van der Waals surface area contributed by atoms with Crippen LogP contribution in [0.5, 0.6) is 5.75 Å². The largest absolute Gasteiger partial charge is 1.00 e. The van der Waals surface area contributed by atoms with E-state index < -0.39 is 75.7 Å². The van der Waals surface area contributed by atoms with Crippen molar-refractivity contribution in [2.75, 3.05) is 13.2 Å². The first-order chi connectivity index (χ1) is 17.6. The van der Waals surface area contributed by atoms with Crippen LogP contribution in [0.25, 0.3) is 10.8 Å². The van der Waals surface area contributed by atoms with Gasteiger partial charge in [-0.2, -0.15) is 0 Å². The maximum atomic E-state index is 11.3. The summed E-state index contributed by atoms with van der Waals surface area (Å²) in [6, 6.07) is 9.23. The Bertz CT molecular complexity index is 1100. The van der Waals surface area contributed by atoms with Gasteiger partial charge in [-0.3, -0.25) is 0 Å². The zero-order chi connectivity index (χ0) is 28.5. The summed E-state index contributed by atoms with van der Waals surface area (Å²) in [5.74, 6) is -1.53. The number of ether oxygens (including phenoxy) is 3. The van der Waals surface area contributed by atoms with Gasteiger partial charge in [0.25, 0.3) is 0 Å². The Morgan fingerprint density at radius 3 is 2.62 bits per heavy atom. The molecule has 1 saturated heterocycles.